The van der Waals surface area contributed by atoms with E-state index in [4.69, 9.17) is 9.47 Å². The lowest BCUT2D eigenvalue weighted by Crippen LogP contribution is -2.55. The summed E-state index contributed by atoms with van der Waals surface area (Å²) in [4.78, 5) is 49.2. The van der Waals surface area contributed by atoms with Crippen LogP contribution in [0.1, 0.15) is 39.5 Å². The van der Waals surface area contributed by atoms with Crippen LogP contribution in [-0.2, 0) is 14.4 Å². The van der Waals surface area contributed by atoms with E-state index in [9.17, 15) is 19.5 Å². The number of benzene rings is 2. The van der Waals surface area contributed by atoms with E-state index < -0.39 is 27.4 Å². The molecule has 0 aliphatic carbocycles. The van der Waals surface area contributed by atoms with Gasteiger partial charge < -0.3 is 29.3 Å². The van der Waals surface area contributed by atoms with Gasteiger partial charge in [0.15, 0.2) is 0 Å². The molecule has 3 amide bonds. The Morgan fingerprint density at radius 1 is 0.978 bits per heavy atom. The Labute approximate surface area is 276 Å². The highest BCUT2D eigenvalue weighted by Crippen LogP contribution is 2.71. The van der Waals surface area contributed by atoms with Gasteiger partial charge in [-0.05, 0) is 88.1 Å². The van der Waals surface area contributed by atoms with Gasteiger partial charge in [-0.15, -0.1) is 24.9 Å². The molecule has 1 spiro atoms. The summed E-state index contributed by atoms with van der Waals surface area (Å²) in [5.74, 6) is -0.397. The molecule has 2 aromatic carbocycles. The number of nitrogens with zero attached hydrogens (tertiary/aromatic N) is 3. The predicted molar refractivity (Wildman–Crippen MR) is 182 cm³/mol. The second-order valence-corrected chi connectivity index (χ2v) is 14.2. The molecule has 0 saturated carbocycles. The lowest BCUT2D eigenvalue weighted by atomic mass is 9.66. The second kappa shape index (κ2) is 13.9. The molecule has 3 fully saturated rings. The topological polar surface area (TPSA) is 99.6 Å². The number of likely N-dealkylation sites (tertiary alicyclic amines) is 1. The first-order valence-electron chi connectivity index (χ1n) is 16.0. The molecule has 9 nitrogen and oxygen atoms in total. The third kappa shape index (κ3) is 5.81. The van der Waals surface area contributed by atoms with Gasteiger partial charge in [0.05, 0.1) is 30.3 Å². The Morgan fingerprint density at radius 2 is 1.57 bits per heavy atom. The van der Waals surface area contributed by atoms with E-state index in [0.717, 1.165) is 0 Å². The number of amides is 3. The fourth-order valence-electron chi connectivity index (χ4n) is 7.59. The Bertz CT molecular complexity index is 1450. The number of hydrogen-bond acceptors (Lipinski definition) is 7. The van der Waals surface area contributed by atoms with Crippen LogP contribution in [-0.4, -0.2) is 83.2 Å². The molecule has 10 heteroatoms. The molecular formula is C36H45N3O6S. The van der Waals surface area contributed by atoms with Crippen molar-refractivity contribution >= 4 is 40.9 Å². The number of anilines is 2. The van der Waals surface area contributed by atoms with E-state index in [1.165, 1.54) is 0 Å². The number of hydrogen-bond donors (Lipinski definition) is 1. The standard InChI is InChI=1S/C36H45N3O6S/c1-6-21-37(25-13-17-28(18-14-25)45-8-3)32(41)29-30-33(42)39(23-9-10-24-40)31(36(30)20-19-35(29,4)46-36)34(43)38(22-7-2)26-11-15-27(44-5)16-12-26/h6-7,11-18,29-31,40H,1-2,8-10,19-24H2,3-5H3/t29-,30-,31?,35+,36?/m0/s1. The molecule has 0 radical (unpaired) electrons. The summed E-state index contributed by atoms with van der Waals surface area (Å²) in [5, 5.41) is 9.54. The number of fused-ring (bicyclic) bond motifs is 1. The highest BCUT2D eigenvalue weighted by molar-refractivity contribution is 8.02. The Hall–Kier alpha value is -3.76. The Kier molecular flexibility index (Phi) is 10.2. The zero-order chi connectivity index (χ0) is 33.1. The number of aliphatic hydroxyl groups excluding tert-OH is 1. The largest absolute Gasteiger partial charge is 0.497 e. The van der Waals surface area contributed by atoms with E-state index in [0.29, 0.717) is 61.7 Å². The summed E-state index contributed by atoms with van der Waals surface area (Å²) in [7, 11) is 1.59. The van der Waals surface area contributed by atoms with E-state index in [-0.39, 0.29) is 37.4 Å². The van der Waals surface area contributed by atoms with Crippen molar-refractivity contribution in [2.24, 2.45) is 11.8 Å². The maximum Gasteiger partial charge on any atom is 0.251 e. The van der Waals surface area contributed by atoms with Gasteiger partial charge in [-0.3, -0.25) is 14.4 Å². The highest BCUT2D eigenvalue weighted by Gasteiger charge is 2.77. The summed E-state index contributed by atoms with van der Waals surface area (Å²) >= 11 is 1.65. The van der Waals surface area contributed by atoms with Crippen molar-refractivity contribution < 1.29 is 29.0 Å². The SMILES string of the molecule is C=CCN(C(=O)C1N(CCCCO)C(=O)[C@@H]2[C@@H](C(=O)N(CC=C)c3ccc(OCC)cc3)[C@@]3(C)CCC12S3)c1ccc(OC)cc1. The van der Waals surface area contributed by atoms with Gasteiger partial charge in [-0.25, -0.2) is 0 Å². The summed E-state index contributed by atoms with van der Waals surface area (Å²) in [5.41, 5.74) is 1.38. The van der Waals surface area contributed by atoms with Crippen molar-refractivity contribution in [2.45, 2.75) is 55.1 Å². The number of aliphatic hydroxyl groups is 1. The maximum absolute atomic E-state index is 14.8. The van der Waals surface area contributed by atoms with Crippen LogP contribution in [0.5, 0.6) is 11.5 Å². The van der Waals surface area contributed by atoms with Gasteiger partial charge >= 0.3 is 0 Å². The first-order valence-corrected chi connectivity index (χ1v) is 16.8. The minimum absolute atomic E-state index is 0.00379. The normalized spacial score (nSPS) is 26.0. The maximum atomic E-state index is 14.8. The smallest absolute Gasteiger partial charge is 0.251 e. The monoisotopic (exact) mass is 647 g/mol. The summed E-state index contributed by atoms with van der Waals surface area (Å²) in [6, 6.07) is 13.9. The zero-order valence-corrected chi connectivity index (χ0v) is 27.8. The molecule has 2 bridgehead atoms. The van der Waals surface area contributed by atoms with Gasteiger partial charge in [0.25, 0.3) is 5.91 Å². The van der Waals surface area contributed by atoms with Crippen LogP contribution >= 0.6 is 11.8 Å². The minimum Gasteiger partial charge on any atom is -0.497 e. The number of thioether (sulfide) groups is 1. The average Bonchev–Trinajstić information content (AvgIpc) is 3.63. The molecule has 5 rings (SSSR count). The minimum atomic E-state index is -0.771. The molecule has 1 N–H and O–H groups in total. The van der Waals surface area contributed by atoms with Crippen LogP contribution in [0.2, 0.25) is 0 Å². The van der Waals surface area contributed by atoms with Crippen LogP contribution in [0.25, 0.3) is 0 Å². The van der Waals surface area contributed by atoms with Crippen molar-refractivity contribution in [3.63, 3.8) is 0 Å². The second-order valence-electron chi connectivity index (χ2n) is 12.3. The number of methoxy groups -OCH3 is 1. The predicted octanol–water partition coefficient (Wildman–Crippen LogP) is 5.09. The van der Waals surface area contributed by atoms with Gasteiger partial charge in [-0.2, -0.15) is 0 Å². The number of rotatable bonds is 15. The van der Waals surface area contributed by atoms with Crippen LogP contribution in [0.15, 0.2) is 73.8 Å². The first kappa shape index (κ1) is 33.6. The fraction of sp³-hybridized carbons (Fsp3) is 0.472. The third-order valence-electron chi connectivity index (χ3n) is 9.58. The van der Waals surface area contributed by atoms with E-state index in [1.54, 1.807) is 57.9 Å². The van der Waals surface area contributed by atoms with E-state index >= 15 is 0 Å². The van der Waals surface area contributed by atoms with Crippen LogP contribution < -0.4 is 19.3 Å². The quantitative estimate of drug-likeness (QED) is 0.213. The van der Waals surface area contributed by atoms with E-state index in [2.05, 4.69) is 20.1 Å². The van der Waals surface area contributed by atoms with Crippen LogP contribution in [0, 0.1) is 11.8 Å². The summed E-state index contributed by atoms with van der Waals surface area (Å²) in [6.45, 7) is 13.2. The van der Waals surface area contributed by atoms with Gasteiger partial charge in [-0.1, -0.05) is 12.2 Å². The molecule has 3 aliphatic heterocycles. The molecule has 3 heterocycles. The number of unbranched alkanes of at least 4 members (excludes halogenated alkanes) is 1. The molecule has 2 aromatic rings. The average molecular weight is 648 g/mol. The van der Waals surface area contributed by atoms with Crippen molar-refractivity contribution in [2.75, 3.05) is 49.8 Å². The first-order chi connectivity index (χ1) is 22.2. The lowest BCUT2D eigenvalue weighted by molar-refractivity contribution is -0.139. The molecule has 3 saturated heterocycles. The number of carbonyl (C=O) groups excluding carboxylic acids is 3. The Balaban J connectivity index is 1.55. The van der Waals surface area contributed by atoms with Gasteiger partial charge in [0, 0.05) is 42.4 Å². The molecule has 46 heavy (non-hydrogen) atoms. The molecule has 246 valence electrons. The lowest BCUT2D eigenvalue weighted by Gasteiger charge is -2.38. The van der Waals surface area contributed by atoms with Gasteiger partial charge in [0.2, 0.25) is 11.8 Å². The molecule has 5 atom stereocenters. The third-order valence-corrected chi connectivity index (χ3v) is 11.6. The van der Waals surface area contributed by atoms with E-state index in [1.807, 2.05) is 43.3 Å². The zero-order valence-electron chi connectivity index (χ0n) is 27.0. The number of ether oxygens (including phenoxy) is 2. The summed E-state index contributed by atoms with van der Waals surface area (Å²) in [6.07, 6.45) is 5.79. The van der Waals surface area contributed by atoms with Crippen LogP contribution in [0.4, 0.5) is 11.4 Å². The highest BCUT2D eigenvalue weighted by atomic mass is 32.2. The summed E-state index contributed by atoms with van der Waals surface area (Å²) < 4.78 is 9.65. The Morgan fingerprint density at radius 3 is 2.11 bits per heavy atom. The van der Waals surface area contributed by atoms with Crippen molar-refractivity contribution in [3.05, 3.63) is 73.8 Å². The molecule has 2 unspecified atom stereocenters. The van der Waals surface area contributed by atoms with Crippen molar-refractivity contribution in [1.82, 2.24) is 4.90 Å². The van der Waals surface area contributed by atoms with Crippen molar-refractivity contribution in [3.8, 4) is 11.5 Å². The molecule has 3 aliphatic rings. The van der Waals surface area contributed by atoms with Gasteiger partial charge in [0.1, 0.15) is 17.5 Å². The van der Waals surface area contributed by atoms with Crippen LogP contribution in [0.3, 0.4) is 0 Å². The fourth-order valence-corrected chi connectivity index (χ4v) is 9.93. The van der Waals surface area contributed by atoms with Crippen molar-refractivity contribution in [1.29, 1.82) is 0 Å². The molecular weight excluding hydrogens is 602 g/mol. The molecule has 0 aromatic heterocycles. The number of carbonyl (C=O) groups is 3.